The first kappa shape index (κ1) is 18.2. The zero-order valence-corrected chi connectivity index (χ0v) is 15.7. The van der Waals surface area contributed by atoms with Crippen LogP contribution in [0.1, 0.15) is 0 Å². The predicted octanol–water partition coefficient (Wildman–Crippen LogP) is 1.98. The highest BCUT2D eigenvalue weighted by molar-refractivity contribution is 6.32. The van der Waals surface area contributed by atoms with E-state index in [9.17, 15) is 10.1 Å². The molecule has 4 rings (SSSR count). The monoisotopic (exact) mass is 397 g/mol. The van der Waals surface area contributed by atoms with Crippen molar-refractivity contribution in [2.24, 2.45) is 12.5 Å². The van der Waals surface area contributed by atoms with Gasteiger partial charge >= 0.3 is 0 Å². The molecule has 3 aromatic heterocycles. The van der Waals surface area contributed by atoms with E-state index in [1.807, 2.05) is 0 Å². The lowest BCUT2D eigenvalue weighted by atomic mass is 9.88. The lowest BCUT2D eigenvalue weighted by molar-refractivity contribution is -0.0870. The van der Waals surface area contributed by atoms with Crippen molar-refractivity contribution in [3.63, 3.8) is 0 Å². The van der Waals surface area contributed by atoms with Crippen molar-refractivity contribution < 1.29 is 4.74 Å². The Morgan fingerprint density at radius 2 is 2.25 bits per heavy atom. The summed E-state index contributed by atoms with van der Waals surface area (Å²) in [6.45, 7) is 1.24. The second-order valence-corrected chi connectivity index (χ2v) is 7.10. The van der Waals surface area contributed by atoms with Crippen LogP contribution in [0.5, 0.6) is 0 Å². The number of nitrogens with one attached hydrogen (secondary N) is 1. The summed E-state index contributed by atoms with van der Waals surface area (Å²) in [6, 6.07) is 5.50. The molecule has 1 N–H and O–H groups in total. The van der Waals surface area contributed by atoms with Gasteiger partial charge in [0.15, 0.2) is 0 Å². The van der Waals surface area contributed by atoms with Crippen molar-refractivity contribution in [1.29, 1.82) is 5.26 Å². The van der Waals surface area contributed by atoms with Gasteiger partial charge in [-0.3, -0.25) is 9.48 Å². The third-order valence-electron chi connectivity index (χ3n) is 4.47. The summed E-state index contributed by atoms with van der Waals surface area (Å²) >= 11 is 6.27. The molecule has 0 radical (unpaired) electrons. The minimum atomic E-state index is -0.537. The molecule has 0 bridgehead atoms. The van der Waals surface area contributed by atoms with E-state index in [1.54, 1.807) is 36.4 Å². The normalized spacial score (nSPS) is 14.9. The molecule has 1 fully saturated rings. The number of pyridine rings is 1. The molecule has 0 atom stereocenters. The Morgan fingerprint density at radius 3 is 2.93 bits per heavy atom. The second-order valence-electron chi connectivity index (χ2n) is 6.69. The molecule has 3 aromatic rings. The highest BCUT2D eigenvalue weighted by Gasteiger charge is 2.39. The summed E-state index contributed by atoms with van der Waals surface area (Å²) in [5.41, 5.74) is 1.10. The Bertz CT molecular complexity index is 1130. The molecule has 28 heavy (non-hydrogen) atoms. The van der Waals surface area contributed by atoms with Crippen LogP contribution in [0.4, 0.5) is 11.6 Å². The Balaban J connectivity index is 1.58. The Hall–Kier alpha value is -3.22. The summed E-state index contributed by atoms with van der Waals surface area (Å²) in [7, 11) is 1.67. The van der Waals surface area contributed by atoms with Crippen LogP contribution < -0.4 is 10.9 Å². The number of hydrogen-bond acceptors (Lipinski definition) is 7. The number of nitriles is 1. The van der Waals surface area contributed by atoms with Crippen LogP contribution in [0.15, 0.2) is 41.7 Å². The Morgan fingerprint density at radius 1 is 1.43 bits per heavy atom. The molecule has 0 saturated carbocycles. The summed E-state index contributed by atoms with van der Waals surface area (Å²) in [5.74, 6) is 0.307. The molecule has 4 heterocycles. The average molecular weight is 398 g/mol. The zero-order chi connectivity index (χ0) is 19.7. The highest BCUT2D eigenvalue weighted by atomic mass is 35.5. The maximum absolute atomic E-state index is 11.8. The van der Waals surface area contributed by atoms with E-state index in [0.29, 0.717) is 47.7 Å². The largest absolute Gasteiger partial charge is 0.378 e. The standard InChI is InChI=1S/C18H16ClN7O2/c1-25-3-2-13(4-15(25)27)23-17-21-6-14(19)16(24-17)12-5-22-26(7-12)9-18(8-20)10-28-11-18/h2-7H,9-11H2,1H3,(H,21,23,24). The molecule has 0 aromatic carbocycles. The van der Waals surface area contributed by atoms with E-state index in [4.69, 9.17) is 16.3 Å². The van der Waals surface area contributed by atoms with Gasteiger partial charge in [-0.05, 0) is 6.07 Å². The number of anilines is 2. The Kier molecular flexibility index (Phi) is 4.58. The summed E-state index contributed by atoms with van der Waals surface area (Å²) < 4.78 is 8.32. The van der Waals surface area contributed by atoms with Gasteiger partial charge in [0.05, 0.1) is 48.9 Å². The van der Waals surface area contributed by atoms with Gasteiger partial charge in [-0.25, -0.2) is 9.97 Å². The van der Waals surface area contributed by atoms with E-state index < -0.39 is 5.41 Å². The van der Waals surface area contributed by atoms with Gasteiger partial charge in [-0.2, -0.15) is 10.4 Å². The third-order valence-corrected chi connectivity index (χ3v) is 4.75. The van der Waals surface area contributed by atoms with E-state index in [0.717, 1.165) is 0 Å². The van der Waals surface area contributed by atoms with Gasteiger partial charge < -0.3 is 14.6 Å². The molecule has 0 aliphatic carbocycles. The molecule has 1 aliphatic heterocycles. The van der Waals surface area contributed by atoms with Crippen LogP contribution in [0, 0.1) is 16.7 Å². The first-order chi connectivity index (χ1) is 13.5. The number of aromatic nitrogens is 5. The minimum Gasteiger partial charge on any atom is -0.378 e. The summed E-state index contributed by atoms with van der Waals surface area (Å²) in [4.78, 5) is 20.4. The molecule has 142 valence electrons. The maximum atomic E-state index is 11.8. The van der Waals surface area contributed by atoms with Gasteiger partial charge in [-0.1, -0.05) is 11.6 Å². The second kappa shape index (κ2) is 7.07. The minimum absolute atomic E-state index is 0.146. The lowest BCUT2D eigenvalue weighted by Crippen LogP contribution is -2.44. The van der Waals surface area contributed by atoms with Crippen LogP contribution in [0.2, 0.25) is 5.02 Å². The summed E-state index contributed by atoms with van der Waals surface area (Å²) in [5, 5.41) is 17.0. The number of aryl methyl sites for hydroxylation is 1. The van der Waals surface area contributed by atoms with Crippen molar-refractivity contribution in [3.8, 4) is 17.3 Å². The van der Waals surface area contributed by atoms with Crippen molar-refractivity contribution >= 4 is 23.2 Å². The molecule has 9 nitrogen and oxygen atoms in total. The van der Waals surface area contributed by atoms with Crippen molar-refractivity contribution in [2.75, 3.05) is 18.5 Å². The number of rotatable bonds is 5. The first-order valence-electron chi connectivity index (χ1n) is 8.46. The molecule has 1 saturated heterocycles. The quantitative estimate of drug-likeness (QED) is 0.700. The van der Waals surface area contributed by atoms with Gasteiger partial charge in [-0.15, -0.1) is 0 Å². The van der Waals surface area contributed by atoms with E-state index in [2.05, 4.69) is 26.5 Å². The summed E-state index contributed by atoms with van der Waals surface area (Å²) in [6.07, 6.45) is 6.57. The van der Waals surface area contributed by atoms with Crippen molar-refractivity contribution in [1.82, 2.24) is 24.3 Å². The van der Waals surface area contributed by atoms with Crippen LogP contribution in [-0.4, -0.2) is 37.5 Å². The predicted molar refractivity (Wildman–Crippen MR) is 102 cm³/mol. The molecule has 10 heteroatoms. The molecule has 0 spiro atoms. The van der Waals surface area contributed by atoms with Gasteiger partial charge in [0, 0.05) is 36.8 Å². The first-order valence-corrected chi connectivity index (χ1v) is 8.84. The van der Waals surface area contributed by atoms with Crippen LogP contribution in [0.3, 0.4) is 0 Å². The van der Waals surface area contributed by atoms with Gasteiger partial charge in [0.1, 0.15) is 5.41 Å². The molecule has 1 aliphatic rings. The fourth-order valence-electron chi connectivity index (χ4n) is 2.81. The molecular weight excluding hydrogens is 382 g/mol. The average Bonchev–Trinajstić information content (AvgIpc) is 3.11. The topological polar surface area (TPSA) is 111 Å². The zero-order valence-electron chi connectivity index (χ0n) is 15.0. The maximum Gasteiger partial charge on any atom is 0.252 e. The number of halogens is 1. The number of ether oxygens (including phenoxy) is 1. The highest BCUT2D eigenvalue weighted by Crippen LogP contribution is 2.30. The van der Waals surface area contributed by atoms with Crippen LogP contribution >= 0.6 is 11.6 Å². The SMILES string of the molecule is Cn1ccc(Nc2ncc(Cl)c(-c3cnn(CC4(C#N)COC4)c3)n2)cc1=O. The van der Waals surface area contributed by atoms with Crippen LogP contribution in [-0.2, 0) is 18.3 Å². The van der Waals surface area contributed by atoms with Crippen molar-refractivity contribution in [2.45, 2.75) is 6.54 Å². The van der Waals surface area contributed by atoms with E-state index in [-0.39, 0.29) is 5.56 Å². The Labute approximate surface area is 165 Å². The molecular formula is C18H16ClN7O2. The third kappa shape index (κ3) is 3.47. The van der Waals surface area contributed by atoms with Gasteiger partial charge in [0.25, 0.3) is 5.56 Å². The van der Waals surface area contributed by atoms with E-state index >= 15 is 0 Å². The van der Waals surface area contributed by atoms with E-state index in [1.165, 1.54) is 16.8 Å². The molecule has 0 unspecified atom stereocenters. The molecule has 0 amide bonds. The van der Waals surface area contributed by atoms with Crippen molar-refractivity contribution in [3.05, 3.63) is 52.3 Å². The fraction of sp³-hybridized carbons (Fsp3) is 0.278. The number of hydrogen-bond donors (Lipinski definition) is 1. The van der Waals surface area contributed by atoms with Crippen LogP contribution in [0.25, 0.3) is 11.3 Å². The fourth-order valence-corrected chi connectivity index (χ4v) is 3.01. The lowest BCUT2D eigenvalue weighted by Gasteiger charge is -2.34. The van der Waals surface area contributed by atoms with Gasteiger partial charge in [0.2, 0.25) is 5.95 Å². The number of nitrogens with zero attached hydrogens (tertiary/aromatic N) is 6. The smallest absolute Gasteiger partial charge is 0.252 e.